The van der Waals surface area contributed by atoms with Gasteiger partial charge < -0.3 is 5.32 Å². The highest BCUT2D eigenvalue weighted by Crippen LogP contribution is 2.28. The van der Waals surface area contributed by atoms with E-state index in [4.69, 9.17) is 0 Å². The van der Waals surface area contributed by atoms with Crippen LogP contribution in [0.1, 0.15) is 33.1 Å². The Hall–Kier alpha value is -1.21. The van der Waals surface area contributed by atoms with Gasteiger partial charge in [0.2, 0.25) is 16.0 Å². The molecule has 2 atom stereocenters. The van der Waals surface area contributed by atoms with Crippen molar-refractivity contribution in [2.75, 3.05) is 12.4 Å². The van der Waals surface area contributed by atoms with E-state index in [1.807, 2.05) is 13.8 Å². The van der Waals surface area contributed by atoms with Gasteiger partial charge in [-0.3, -0.25) is 0 Å². The van der Waals surface area contributed by atoms with Crippen molar-refractivity contribution in [3.63, 3.8) is 0 Å². The van der Waals surface area contributed by atoms with E-state index in [9.17, 15) is 8.42 Å². The van der Waals surface area contributed by atoms with Crippen molar-refractivity contribution in [2.24, 2.45) is 0 Å². The summed E-state index contributed by atoms with van der Waals surface area (Å²) in [4.78, 5) is 8.12. The highest BCUT2D eigenvalue weighted by atomic mass is 32.2. The van der Waals surface area contributed by atoms with Crippen LogP contribution >= 0.6 is 0 Å². The van der Waals surface area contributed by atoms with Gasteiger partial charge in [-0.15, -0.1) is 0 Å². The van der Waals surface area contributed by atoms with Crippen LogP contribution in [0.15, 0.2) is 17.3 Å². The second-order valence-corrected chi connectivity index (χ2v) is 6.80. The fourth-order valence-electron chi connectivity index (χ4n) is 2.57. The SMILES string of the molecule is CNc1ncc(S(=O)(=O)N2C(C)CCCC2C)cn1. The summed E-state index contributed by atoms with van der Waals surface area (Å²) in [5.41, 5.74) is 0. The minimum absolute atomic E-state index is 0.0257. The quantitative estimate of drug-likeness (QED) is 0.909. The van der Waals surface area contributed by atoms with E-state index >= 15 is 0 Å². The van der Waals surface area contributed by atoms with Crippen LogP contribution in [0.3, 0.4) is 0 Å². The first kappa shape index (κ1) is 14.2. The van der Waals surface area contributed by atoms with Crippen LogP contribution in [0.25, 0.3) is 0 Å². The van der Waals surface area contributed by atoms with Crippen molar-refractivity contribution in [1.29, 1.82) is 0 Å². The molecule has 0 amide bonds. The maximum atomic E-state index is 12.6. The molecule has 6 nitrogen and oxygen atoms in total. The van der Waals surface area contributed by atoms with Crippen molar-refractivity contribution in [3.05, 3.63) is 12.4 Å². The van der Waals surface area contributed by atoms with Crippen LogP contribution in [0.5, 0.6) is 0 Å². The van der Waals surface area contributed by atoms with Gasteiger partial charge in [-0.2, -0.15) is 4.31 Å². The van der Waals surface area contributed by atoms with Gasteiger partial charge in [0, 0.05) is 19.1 Å². The molecule has 1 aliphatic heterocycles. The van der Waals surface area contributed by atoms with E-state index in [0.717, 1.165) is 19.3 Å². The standard InChI is InChI=1S/C12H20N4O2S/c1-9-5-4-6-10(2)16(9)19(17,18)11-7-14-12(13-3)15-8-11/h7-10H,4-6H2,1-3H3,(H,13,14,15). The van der Waals surface area contributed by atoms with E-state index in [2.05, 4.69) is 15.3 Å². The first-order valence-electron chi connectivity index (χ1n) is 6.50. The van der Waals surface area contributed by atoms with Crippen molar-refractivity contribution >= 4 is 16.0 Å². The van der Waals surface area contributed by atoms with Crippen LogP contribution < -0.4 is 5.32 Å². The molecule has 2 rings (SSSR count). The molecule has 2 heterocycles. The summed E-state index contributed by atoms with van der Waals surface area (Å²) in [6, 6.07) is 0.0513. The number of hydrogen-bond donors (Lipinski definition) is 1. The second kappa shape index (κ2) is 5.42. The molecule has 7 heteroatoms. The molecular weight excluding hydrogens is 264 g/mol. The lowest BCUT2D eigenvalue weighted by atomic mass is 10.0. The zero-order chi connectivity index (χ0) is 14.0. The number of sulfonamides is 1. The Balaban J connectivity index is 2.34. The molecule has 0 aliphatic carbocycles. The predicted molar refractivity (Wildman–Crippen MR) is 73.4 cm³/mol. The Morgan fingerprint density at radius 1 is 1.21 bits per heavy atom. The number of nitrogens with one attached hydrogen (secondary N) is 1. The third-order valence-corrected chi connectivity index (χ3v) is 5.62. The molecule has 1 aromatic rings. The van der Waals surface area contributed by atoms with Gasteiger partial charge in [0.25, 0.3) is 0 Å². The van der Waals surface area contributed by atoms with Crippen molar-refractivity contribution in [2.45, 2.75) is 50.1 Å². The number of rotatable bonds is 3. The summed E-state index contributed by atoms with van der Waals surface area (Å²) >= 11 is 0. The predicted octanol–water partition coefficient (Wildman–Crippen LogP) is 1.47. The number of anilines is 1. The summed E-state index contributed by atoms with van der Waals surface area (Å²) in [7, 11) is -1.81. The number of aromatic nitrogens is 2. The molecule has 1 N–H and O–H groups in total. The molecule has 0 aromatic carbocycles. The average Bonchev–Trinajstić information content (AvgIpc) is 2.38. The van der Waals surface area contributed by atoms with Gasteiger partial charge in [0.05, 0.1) is 12.4 Å². The first-order valence-corrected chi connectivity index (χ1v) is 7.94. The summed E-state index contributed by atoms with van der Waals surface area (Å²) < 4.78 is 26.9. The van der Waals surface area contributed by atoms with Crippen LogP contribution in [-0.4, -0.2) is 41.8 Å². The number of nitrogens with zero attached hydrogens (tertiary/aromatic N) is 3. The number of piperidine rings is 1. The molecule has 0 saturated carbocycles. The van der Waals surface area contributed by atoms with Crippen molar-refractivity contribution in [3.8, 4) is 0 Å². The Morgan fingerprint density at radius 3 is 2.21 bits per heavy atom. The zero-order valence-corrected chi connectivity index (χ0v) is 12.3. The Morgan fingerprint density at radius 2 is 1.74 bits per heavy atom. The monoisotopic (exact) mass is 284 g/mol. The minimum atomic E-state index is -3.50. The maximum Gasteiger partial charge on any atom is 0.246 e. The normalized spacial score (nSPS) is 25.2. The van der Waals surface area contributed by atoms with Crippen LogP contribution in [0, 0.1) is 0 Å². The van der Waals surface area contributed by atoms with E-state index in [1.165, 1.54) is 12.4 Å². The highest BCUT2D eigenvalue weighted by Gasteiger charge is 2.35. The first-order chi connectivity index (χ1) is 8.96. The fourth-order valence-corrected chi connectivity index (χ4v) is 4.35. The third kappa shape index (κ3) is 2.71. The fraction of sp³-hybridized carbons (Fsp3) is 0.667. The van der Waals surface area contributed by atoms with Gasteiger partial charge in [0.15, 0.2) is 0 Å². The molecular formula is C12H20N4O2S. The van der Waals surface area contributed by atoms with Gasteiger partial charge in [-0.25, -0.2) is 18.4 Å². The summed E-state index contributed by atoms with van der Waals surface area (Å²) in [6.07, 6.45) is 5.60. The smallest absolute Gasteiger partial charge is 0.246 e. The average molecular weight is 284 g/mol. The van der Waals surface area contributed by atoms with E-state index < -0.39 is 10.0 Å². The molecule has 0 bridgehead atoms. The molecule has 0 radical (unpaired) electrons. The Kier molecular flexibility index (Phi) is 4.05. The molecule has 106 valence electrons. The van der Waals surface area contributed by atoms with E-state index in [1.54, 1.807) is 11.4 Å². The lowest BCUT2D eigenvalue weighted by Crippen LogP contribution is -2.47. The molecule has 1 saturated heterocycles. The Labute approximate surface area is 114 Å². The highest BCUT2D eigenvalue weighted by molar-refractivity contribution is 7.89. The van der Waals surface area contributed by atoms with Gasteiger partial charge in [0.1, 0.15) is 4.90 Å². The molecule has 0 spiro atoms. The molecule has 2 unspecified atom stereocenters. The van der Waals surface area contributed by atoms with Gasteiger partial charge >= 0.3 is 0 Å². The van der Waals surface area contributed by atoms with E-state index in [0.29, 0.717) is 5.95 Å². The third-order valence-electron chi connectivity index (χ3n) is 3.54. The van der Waals surface area contributed by atoms with E-state index in [-0.39, 0.29) is 17.0 Å². The second-order valence-electron chi connectivity index (χ2n) is 4.96. The lowest BCUT2D eigenvalue weighted by molar-refractivity contribution is 0.204. The summed E-state index contributed by atoms with van der Waals surface area (Å²) in [5, 5.41) is 2.77. The van der Waals surface area contributed by atoms with Crippen molar-refractivity contribution < 1.29 is 8.42 Å². The maximum absolute atomic E-state index is 12.6. The topological polar surface area (TPSA) is 75.2 Å². The van der Waals surface area contributed by atoms with Crippen LogP contribution in [0.2, 0.25) is 0 Å². The Bertz CT molecular complexity index is 519. The summed E-state index contributed by atoms with van der Waals surface area (Å²) in [5.74, 6) is 0.415. The number of hydrogen-bond acceptors (Lipinski definition) is 5. The van der Waals surface area contributed by atoms with Crippen LogP contribution in [-0.2, 0) is 10.0 Å². The summed E-state index contributed by atoms with van der Waals surface area (Å²) in [6.45, 7) is 3.91. The van der Waals surface area contributed by atoms with Gasteiger partial charge in [-0.05, 0) is 26.7 Å². The van der Waals surface area contributed by atoms with Crippen LogP contribution in [0.4, 0.5) is 5.95 Å². The largest absolute Gasteiger partial charge is 0.357 e. The van der Waals surface area contributed by atoms with Gasteiger partial charge in [-0.1, -0.05) is 6.42 Å². The van der Waals surface area contributed by atoms with Crippen molar-refractivity contribution in [1.82, 2.24) is 14.3 Å². The molecule has 1 aliphatic rings. The minimum Gasteiger partial charge on any atom is -0.357 e. The lowest BCUT2D eigenvalue weighted by Gasteiger charge is -2.37. The molecule has 1 aromatic heterocycles. The molecule has 1 fully saturated rings. The zero-order valence-electron chi connectivity index (χ0n) is 11.5. The molecule has 19 heavy (non-hydrogen) atoms.